The number of ether oxygens (including phenoxy) is 1. The summed E-state index contributed by atoms with van der Waals surface area (Å²) in [6, 6.07) is 8.85. The van der Waals surface area contributed by atoms with Gasteiger partial charge in [-0.2, -0.15) is 0 Å². The fourth-order valence-electron chi connectivity index (χ4n) is 4.58. The van der Waals surface area contributed by atoms with Crippen molar-refractivity contribution in [1.29, 1.82) is 0 Å². The molecular formula is C26H42O3. The van der Waals surface area contributed by atoms with Gasteiger partial charge in [-0.1, -0.05) is 70.4 Å². The lowest BCUT2D eigenvalue weighted by Gasteiger charge is -2.29. The number of carboxylic acids is 1. The Balaban J connectivity index is 1.54. The average molecular weight is 403 g/mol. The highest BCUT2D eigenvalue weighted by molar-refractivity contribution is 5.66. The van der Waals surface area contributed by atoms with Crippen molar-refractivity contribution in [2.75, 3.05) is 6.61 Å². The molecule has 1 aromatic carbocycles. The summed E-state index contributed by atoms with van der Waals surface area (Å²) in [5, 5.41) is 8.62. The van der Waals surface area contributed by atoms with Crippen LogP contribution in [0.5, 0.6) is 5.75 Å². The van der Waals surface area contributed by atoms with E-state index >= 15 is 0 Å². The second-order valence-corrected chi connectivity index (χ2v) is 8.90. The molecular weight excluding hydrogens is 360 g/mol. The minimum absolute atomic E-state index is 0.305. The van der Waals surface area contributed by atoms with E-state index < -0.39 is 5.97 Å². The zero-order valence-electron chi connectivity index (χ0n) is 18.5. The SMILES string of the molecule is CCCCCC1CCC(c2ccc(OCCCCCCCCC(=O)O)cc2)CC1. The van der Waals surface area contributed by atoms with E-state index in [0.717, 1.165) is 56.3 Å². The molecule has 0 radical (unpaired) electrons. The summed E-state index contributed by atoms with van der Waals surface area (Å²) in [6.45, 7) is 3.06. The summed E-state index contributed by atoms with van der Waals surface area (Å²) in [5.41, 5.74) is 1.49. The molecule has 1 aliphatic rings. The van der Waals surface area contributed by atoms with Crippen LogP contribution in [-0.4, -0.2) is 17.7 Å². The maximum atomic E-state index is 10.5. The number of aliphatic carboxylic acids is 1. The fourth-order valence-corrected chi connectivity index (χ4v) is 4.58. The standard InChI is InChI=1S/C26H42O3/c1-2-3-8-11-22-13-15-23(16-14-22)24-17-19-25(20-18-24)29-21-10-7-5-4-6-9-12-26(27)28/h17-20,22-23H,2-16,21H2,1H3,(H,27,28). The predicted octanol–water partition coefficient (Wildman–Crippen LogP) is 7.73. The van der Waals surface area contributed by atoms with Crippen LogP contribution in [0.4, 0.5) is 0 Å². The second kappa shape index (κ2) is 14.5. The molecule has 0 atom stereocenters. The molecule has 3 nitrogen and oxygen atoms in total. The van der Waals surface area contributed by atoms with E-state index in [1.165, 1.54) is 63.4 Å². The molecule has 0 heterocycles. The van der Waals surface area contributed by atoms with Crippen LogP contribution in [0.25, 0.3) is 0 Å². The van der Waals surface area contributed by atoms with Gasteiger partial charge in [-0.3, -0.25) is 4.79 Å². The highest BCUT2D eigenvalue weighted by Gasteiger charge is 2.21. The maximum Gasteiger partial charge on any atom is 0.303 e. The molecule has 0 spiro atoms. The van der Waals surface area contributed by atoms with E-state index in [-0.39, 0.29) is 0 Å². The Morgan fingerprint density at radius 1 is 0.897 bits per heavy atom. The lowest BCUT2D eigenvalue weighted by Crippen LogP contribution is -2.13. The molecule has 3 heteroatoms. The van der Waals surface area contributed by atoms with Gasteiger partial charge in [0, 0.05) is 6.42 Å². The van der Waals surface area contributed by atoms with Crippen LogP contribution in [0.2, 0.25) is 0 Å². The van der Waals surface area contributed by atoms with Gasteiger partial charge in [0.25, 0.3) is 0 Å². The van der Waals surface area contributed by atoms with E-state index in [4.69, 9.17) is 9.84 Å². The third-order valence-corrected chi connectivity index (χ3v) is 6.47. The van der Waals surface area contributed by atoms with E-state index in [0.29, 0.717) is 6.42 Å². The predicted molar refractivity (Wildman–Crippen MR) is 121 cm³/mol. The van der Waals surface area contributed by atoms with Crippen molar-refractivity contribution in [3.8, 4) is 5.75 Å². The molecule has 1 aromatic rings. The Labute approximate surface area is 178 Å². The molecule has 1 N–H and O–H groups in total. The van der Waals surface area contributed by atoms with Gasteiger partial charge in [0.1, 0.15) is 5.75 Å². The molecule has 0 amide bonds. The smallest absolute Gasteiger partial charge is 0.303 e. The molecule has 0 bridgehead atoms. The first-order valence-electron chi connectivity index (χ1n) is 12.1. The molecule has 1 saturated carbocycles. The van der Waals surface area contributed by atoms with E-state index in [2.05, 4.69) is 31.2 Å². The van der Waals surface area contributed by atoms with Gasteiger partial charge >= 0.3 is 5.97 Å². The van der Waals surface area contributed by atoms with Gasteiger partial charge in [-0.05, 0) is 68.1 Å². The number of unbranched alkanes of at least 4 members (excludes halogenated alkanes) is 7. The third-order valence-electron chi connectivity index (χ3n) is 6.47. The van der Waals surface area contributed by atoms with Crippen LogP contribution in [0.15, 0.2) is 24.3 Å². The van der Waals surface area contributed by atoms with Crippen LogP contribution in [0, 0.1) is 5.92 Å². The summed E-state index contributed by atoms with van der Waals surface area (Å²) in [7, 11) is 0. The van der Waals surface area contributed by atoms with Crippen molar-refractivity contribution in [3.63, 3.8) is 0 Å². The third kappa shape index (κ3) is 10.2. The number of carbonyl (C=O) groups is 1. The van der Waals surface area contributed by atoms with Gasteiger partial charge in [-0.25, -0.2) is 0 Å². The lowest BCUT2D eigenvalue weighted by molar-refractivity contribution is -0.137. The van der Waals surface area contributed by atoms with E-state index in [1.54, 1.807) is 0 Å². The first-order valence-corrected chi connectivity index (χ1v) is 12.1. The van der Waals surface area contributed by atoms with Crippen LogP contribution in [0.1, 0.15) is 115 Å². The molecule has 0 aliphatic heterocycles. The van der Waals surface area contributed by atoms with Crippen molar-refractivity contribution in [2.24, 2.45) is 5.92 Å². The van der Waals surface area contributed by atoms with Gasteiger partial charge in [0.2, 0.25) is 0 Å². The van der Waals surface area contributed by atoms with Crippen LogP contribution in [-0.2, 0) is 4.79 Å². The zero-order valence-corrected chi connectivity index (χ0v) is 18.5. The molecule has 29 heavy (non-hydrogen) atoms. The summed E-state index contributed by atoms with van der Waals surface area (Å²) < 4.78 is 5.90. The quantitative estimate of drug-likeness (QED) is 0.305. The second-order valence-electron chi connectivity index (χ2n) is 8.90. The van der Waals surface area contributed by atoms with Crippen molar-refractivity contribution in [3.05, 3.63) is 29.8 Å². The normalized spacial score (nSPS) is 19.2. The number of hydrogen-bond acceptors (Lipinski definition) is 2. The Morgan fingerprint density at radius 2 is 1.55 bits per heavy atom. The summed E-state index contributed by atoms with van der Waals surface area (Å²) >= 11 is 0. The number of rotatable bonds is 15. The van der Waals surface area contributed by atoms with Crippen LogP contribution < -0.4 is 4.74 Å². The monoisotopic (exact) mass is 402 g/mol. The van der Waals surface area contributed by atoms with Crippen LogP contribution in [0.3, 0.4) is 0 Å². The number of hydrogen-bond donors (Lipinski definition) is 1. The highest BCUT2D eigenvalue weighted by Crippen LogP contribution is 2.38. The summed E-state index contributed by atoms with van der Waals surface area (Å²) in [5.74, 6) is 2.02. The Hall–Kier alpha value is -1.51. The zero-order chi connectivity index (χ0) is 20.7. The van der Waals surface area contributed by atoms with Gasteiger partial charge in [-0.15, -0.1) is 0 Å². The molecule has 164 valence electrons. The first kappa shape index (κ1) is 23.8. The molecule has 1 fully saturated rings. The fraction of sp³-hybridized carbons (Fsp3) is 0.731. The number of benzene rings is 1. The molecule has 0 saturated heterocycles. The van der Waals surface area contributed by atoms with Crippen molar-refractivity contribution >= 4 is 5.97 Å². The Bertz CT molecular complexity index is 544. The largest absolute Gasteiger partial charge is 0.494 e. The van der Waals surface area contributed by atoms with Gasteiger partial charge in [0.05, 0.1) is 6.61 Å². The van der Waals surface area contributed by atoms with Gasteiger partial charge < -0.3 is 9.84 Å². The first-order chi connectivity index (χ1) is 14.2. The van der Waals surface area contributed by atoms with Crippen molar-refractivity contribution in [2.45, 2.75) is 109 Å². The topological polar surface area (TPSA) is 46.5 Å². The summed E-state index contributed by atoms with van der Waals surface area (Å²) in [6.07, 6.45) is 17.8. The van der Waals surface area contributed by atoms with E-state index in [1.807, 2.05) is 0 Å². The molecule has 2 rings (SSSR count). The highest BCUT2D eigenvalue weighted by atomic mass is 16.5. The molecule has 0 unspecified atom stereocenters. The number of carboxylic acid groups (broad SMARTS) is 1. The Morgan fingerprint density at radius 3 is 2.21 bits per heavy atom. The van der Waals surface area contributed by atoms with Crippen molar-refractivity contribution < 1.29 is 14.6 Å². The van der Waals surface area contributed by atoms with E-state index in [9.17, 15) is 4.79 Å². The lowest BCUT2D eigenvalue weighted by atomic mass is 9.77. The van der Waals surface area contributed by atoms with Crippen molar-refractivity contribution in [1.82, 2.24) is 0 Å². The minimum atomic E-state index is -0.681. The molecule has 0 aromatic heterocycles. The van der Waals surface area contributed by atoms with Crippen LogP contribution >= 0.6 is 0 Å². The average Bonchev–Trinajstić information content (AvgIpc) is 2.73. The Kier molecular flexibility index (Phi) is 11.9. The maximum absolute atomic E-state index is 10.5. The summed E-state index contributed by atoms with van der Waals surface area (Å²) in [4.78, 5) is 10.5. The minimum Gasteiger partial charge on any atom is -0.494 e. The van der Waals surface area contributed by atoms with Gasteiger partial charge in [0.15, 0.2) is 0 Å². The molecule has 1 aliphatic carbocycles.